The molecule has 18 heavy (non-hydrogen) atoms. The molecule has 4 heteroatoms. The lowest BCUT2D eigenvalue weighted by atomic mass is 10.1. The van der Waals surface area contributed by atoms with Gasteiger partial charge in [-0.15, -0.1) is 0 Å². The summed E-state index contributed by atoms with van der Waals surface area (Å²) in [6, 6.07) is 15.4. The van der Waals surface area contributed by atoms with Crippen molar-refractivity contribution in [1.82, 2.24) is 0 Å². The van der Waals surface area contributed by atoms with Gasteiger partial charge in [-0.25, -0.2) is 0 Å². The van der Waals surface area contributed by atoms with Crippen LogP contribution in [0.2, 0.25) is 0 Å². The molecule has 0 aliphatic heterocycles. The largest absolute Gasteiger partial charge is 0.507 e. The zero-order chi connectivity index (χ0) is 13.0. The molecule has 0 fully saturated rings. The van der Waals surface area contributed by atoms with E-state index in [9.17, 15) is 5.11 Å². The molecule has 0 atom stereocenters. The number of ether oxygens (including phenoxy) is 1. The summed E-state index contributed by atoms with van der Waals surface area (Å²) in [7, 11) is 0. The van der Waals surface area contributed by atoms with E-state index < -0.39 is 0 Å². The summed E-state index contributed by atoms with van der Waals surface area (Å²) in [6.45, 7) is 0. The van der Waals surface area contributed by atoms with Crippen LogP contribution in [0.5, 0.6) is 17.2 Å². The maximum Gasteiger partial charge on any atom is 0.146 e. The highest BCUT2D eigenvalue weighted by Gasteiger charge is 2.14. The van der Waals surface area contributed by atoms with E-state index in [0.29, 0.717) is 5.75 Å². The molecule has 0 radical (unpaired) electrons. The fourth-order valence-electron chi connectivity index (χ4n) is 1.50. The topological polar surface area (TPSA) is 77.0 Å². The van der Waals surface area contributed by atoms with Crippen molar-refractivity contribution in [3.63, 3.8) is 0 Å². The van der Waals surface area contributed by atoms with Crippen molar-refractivity contribution < 1.29 is 9.84 Å². The molecule has 0 unspecified atom stereocenters. The Morgan fingerprint density at radius 2 is 1.56 bits per heavy atom. The minimum absolute atomic E-state index is 0.0290. The molecule has 2 rings (SSSR count). The molecule has 0 amide bonds. The van der Waals surface area contributed by atoms with Crippen LogP contribution >= 0.6 is 0 Å². The van der Waals surface area contributed by atoms with Gasteiger partial charge in [0.25, 0.3) is 0 Å². The van der Waals surface area contributed by atoms with Crippen molar-refractivity contribution in [3.8, 4) is 29.4 Å². The van der Waals surface area contributed by atoms with Crippen molar-refractivity contribution >= 4 is 0 Å². The Kier molecular flexibility index (Phi) is 3.13. The number of hydrogen-bond donors (Lipinski definition) is 1. The number of aromatic hydroxyl groups is 1. The highest BCUT2D eigenvalue weighted by atomic mass is 16.5. The highest BCUT2D eigenvalue weighted by Crippen LogP contribution is 2.31. The molecule has 0 aromatic heterocycles. The van der Waals surface area contributed by atoms with Crippen molar-refractivity contribution in [3.05, 3.63) is 53.6 Å². The summed E-state index contributed by atoms with van der Waals surface area (Å²) in [4.78, 5) is 0. The summed E-state index contributed by atoms with van der Waals surface area (Å²) < 4.78 is 5.51. The van der Waals surface area contributed by atoms with Gasteiger partial charge >= 0.3 is 0 Å². The first-order valence-electron chi connectivity index (χ1n) is 5.15. The number of rotatable bonds is 2. The van der Waals surface area contributed by atoms with Crippen molar-refractivity contribution in [2.75, 3.05) is 0 Å². The normalized spacial score (nSPS) is 9.22. The van der Waals surface area contributed by atoms with E-state index in [-0.39, 0.29) is 22.6 Å². The Hall–Kier alpha value is -2.98. The predicted molar refractivity (Wildman–Crippen MR) is 64.1 cm³/mol. The van der Waals surface area contributed by atoms with Gasteiger partial charge in [0.2, 0.25) is 0 Å². The molecule has 4 nitrogen and oxygen atoms in total. The van der Waals surface area contributed by atoms with E-state index in [1.54, 1.807) is 30.3 Å². The number of nitriles is 2. The molecular weight excluding hydrogens is 228 g/mol. The van der Waals surface area contributed by atoms with E-state index in [0.717, 1.165) is 0 Å². The van der Waals surface area contributed by atoms with Gasteiger partial charge in [0.15, 0.2) is 0 Å². The minimum Gasteiger partial charge on any atom is -0.507 e. The van der Waals surface area contributed by atoms with E-state index in [1.165, 1.54) is 12.1 Å². The number of phenols is 1. The summed E-state index contributed by atoms with van der Waals surface area (Å²) in [5.41, 5.74) is -0.0488. The van der Waals surface area contributed by atoms with Crippen LogP contribution < -0.4 is 4.74 Å². The summed E-state index contributed by atoms with van der Waals surface area (Å²) in [5, 5.41) is 27.4. The van der Waals surface area contributed by atoms with Gasteiger partial charge in [0, 0.05) is 0 Å². The molecule has 0 saturated carbocycles. The molecule has 86 valence electrons. The predicted octanol–water partition coefficient (Wildman–Crippen LogP) is 2.93. The Balaban J connectivity index is 2.48. The van der Waals surface area contributed by atoms with Gasteiger partial charge in [-0.05, 0) is 24.3 Å². The van der Waals surface area contributed by atoms with Gasteiger partial charge in [-0.1, -0.05) is 18.2 Å². The standard InChI is InChI=1S/C14H8N2O2/c15-8-11-12(9-16)14(7-6-13(11)17)18-10-4-2-1-3-5-10/h1-7,17H. The number of nitrogens with zero attached hydrogens (tertiary/aromatic N) is 2. The summed E-state index contributed by atoms with van der Waals surface area (Å²) >= 11 is 0. The molecule has 0 aliphatic carbocycles. The molecule has 0 heterocycles. The average molecular weight is 236 g/mol. The average Bonchev–Trinajstić information content (AvgIpc) is 2.41. The molecule has 0 bridgehead atoms. The Bertz CT molecular complexity index is 652. The smallest absolute Gasteiger partial charge is 0.146 e. The van der Waals surface area contributed by atoms with Gasteiger partial charge in [-0.2, -0.15) is 10.5 Å². The summed E-state index contributed by atoms with van der Waals surface area (Å²) in [5.74, 6) is 0.580. The van der Waals surface area contributed by atoms with Crippen LogP contribution in [-0.4, -0.2) is 5.11 Å². The van der Waals surface area contributed by atoms with Crippen molar-refractivity contribution in [2.24, 2.45) is 0 Å². The van der Waals surface area contributed by atoms with Gasteiger partial charge < -0.3 is 9.84 Å². The zero-order valence-electron chi connectivity index (χ0n) is 9.29. The lowest BCUT2D eigenvalue weighted by molar-refractivity contribution is 0.461. The third-order valence-electron chi connectivity index (χ3n) is 2.34. The molecular formula is C14H8N2O2. The first-order chi connectivity index (χ1) is 8.76. The molecule has 0 aliphatic rings. The lowest BCUT2D eigenvalue weighted by Crippen LogP contribution is -1.92. The SMILES string of the molecule is N#Cc1c(O)ccc(Oc2ccccc2)c1C#N. The fourth-order valence-corrected chi connectivity index (χ4v) is 1.50. The quantitative estimate of drug-likeness (QED) is 0.869. The second kappa shape index (κ2) is 4.90. The third-order valence-corrected chi connectivity index (χ3v) is 2.34. The van der Waals surface area contributed by atoms with Crippen LogP contribution in [-0.2, 0) is 0 Å². The highest BCUT2D eigenvalue weighted by molar-refractivity contribution is 5.60. The van der Waals surface area contributed by atoms with E-state index in [2.05, 4.69) is 0 Å². The van der Waals surface area contributed by atoms with Crippen LogP contribution in [0.15, 0.2) is 42.5 Å². The van der Waals surface area contributed by atoms with Crippen LogP contribution in [0.1, 0.15) is 11.1 Å². The van der Waals surface area contributed by atoms with Gasteiger partial charge in [0.05, 0.1) is 0 Å². The monoisotopic (exact) mass is 236 g/mol. The van der Waals surface area contributed by atoms with Crippen LogP contribution in [0.25, 0.3) is 0 Å². The van der Waals surface area contributed by atoms with Crippen molar-refractivity contribution in [2.45, 2.75) is 0 Å². The maximum atomic E-state index is 9.48. The number of para-hydroxylation sites is 1. The molecule has 1 N–H and O–H groups in total. The van der Waals surface area contributed by atoms with E-state index >= 15 is 0 Å². The second-order valence-electron chi connectivity index (χ2n) is 3.47. The number of benzene rings is 2. The molecule has 2 aromatic carbocycles. The fraction of sp³-hybridized carbons (Fsp3) is 0. The Morgan fingerprint density at radius 3 is 2.17 bits per heavy atom. The summed E-state index contributed by atoms with van der Waals surface area (Å²) in [6.07, 6.45) is 0. The zero-order valence-corrected chi connectivity index (χ0v) is 9.29. The first-order valence-corrected chi connectivity index (χ1v) is 5.15. The van der Waals surface area contributed by atoms with Crippen LogP contribution in [0, 0.1) is 22.7 Å². The number of hydrogen-bond acceptors (Lipinski definition) is 4. The van der Waals surface area contributed by atoms with E-state index in [1.807, 2.05) is 12.1 Å². The second-order valence-corrected chi connectivity index (χ2v) is 3.47. The van der Waals surface area contributed by atoms with E-state index in [4.69, 9.17) is 15.3 Å². The Morgan fingerprint density at radius 1 is 0.889 bits per heavy atom. The maximum absolute atomic E-state index is 9.48. The first kappa shape index (κ1) is 11.5. The molecule has 0 saturated heterocycles. The van der Waals surface area contributed by atoms with Crippen LogP contribution in [0.3, 0.4) is 0 Å². The van der Waals surface area contributed by atoms with Crippen molar-refractivity contribution in [1.29, 1.82) is 10.5 Å². The minimum atomic E-state index is -0.227. The third kappa shape index (κ3) is 2.09. The molecule has 2 aromatic rings. The van der Waals surface area contributed by atoms with Gasteiger partial charge in [0.1, 0.15) is 40.5 Å². The Labute approximate surface area is 104 Å². The molecule has 0 spiro atoms. The van der Waals surface area contributed by atoms with Crippen LogP contribution in [0.4, 0.5) is 0 Å². The lowest BCUT2D eigenvalue weighted by Gasteiger charge is -2.08. The van der Waals surface area contributed by atoms with Gasteiger partial charge in [-0.3, -0.25) is 0 Å². The number of phenolic OH excluding ortho intramolecular Hbond substituents is 1.